The summed E-state index contributed by atoms with van der Waals surface area (Å²) in [6.07, 6.45) is 20.3. The van der Waals surface area contributed by atoms with Gasteiger partial charge < -0.3 is 9.47 Å². The Morgan fingerprint density at radius 3 is 0.695 bits per heavy atom. The maximum atomic E-state index is 7.17. The van der Waals surface area contributed by atoms with Crippen LogP contribution in [0.1, 0.15) is 165 Å². The third-order valence-electron chi connectivity index (χ3n) is 11.7. The molecule has 4 aromatic rings. The number of rotatable bonds is 24. The van der Waals surface area contributed by atoms with Crippen LogP contribution in [0, 0.1) is 0 Å². The van der Waals surface area contributed by atoms with Crippen molar-refractivity contribution in [2.75, 3.05) is 12.3 Å². The second-order valence-electron chi connectivity index (χ2n) is 18.0. The van der Waals surface area contributed by atoms with Gasteiger partial charge in [-0.3, -0.25) is 0 Å². The molecular weight excluding hydrogens is 755 g/mol. The summed E-state index contributed by atoms with van der Waals surface area (Å²) in [4.78, 5) is 0. The number of benzene rings is 4. The molecule has 2 nitrogen and oxygen atoms in total. The fourth-order valence-corrected chi connectivity index (χ4v) is 14.7. The topological polar surface area (TPSA) is 18.5 Å². The van der Waals surface area contributed by atoms with Gasteiger partial charge in [-0.15, -0.1) is 0 Å². The SMILES string of the molecule is CCCc1cc(CCC)cc(P(CC2OC(C)(C)OC2CP(c2cc(CCC)cc(CCC)c2)c2cc(CCC)cc(CCC)c2)c2cc(CCC)cc(CCC)c2)c1. The highest BCUT2D eigenvalue weighted by Crippen LogP contribution is 2.45. The summed E-state index contributed by atoms with van der Waals surface area (Å²) in [5.74, 6) is -0.638. The molecule has 0 aliphatic carbocycles. The number of hydrogen-bond donors (Lipinski definition) is 0. The van der Waals surface area contributed by atoms with E-state index in [0.717, 1.165) is 115 Å². The first-order chi connectivity index (χ1) is 28.5. The first-order valence-electron chi connectivity index (χ1n) is 24.0. The van der Waals surface area contributed by atoms with Gasteiger partial charge in [0.15, 0.2) is 5.79 Å². The van der Waals surface area contributed by atoms with Gasteiger partial charge >= 0.3 is 0 Å². The summed E-state index contributed by atoms with van der Waals surface area (Å²) < 4.78 is 14.3. The van der Waals surface area contributed by atoms with Crippen LogP contribution in [0.25, 0.3) is 0 Å². The Kier molecular flexibility index (Phi) is 19.2. The first-order valence-corrected chi connectivity index (χ1v) is 27.0. The van der Waals surface area contributed by atoms with Gasteiger partial charge in [0.05, 0.1) is 12.2 Å². The summed E-state index contributed by atoms with van der Waals surface area (Å²) >= 11 is 0. The van der Waals surface area contributed by atoms with Gasteiger partial charge in [-0.2, -0.15) is 0 Å². The monoisotopic (exact) mass is 835 g/mol. The molecule has 0 bridgehead atoms. The molecule has 1 aliphatic rings. The van der Waals surface area contributed by atoms with E-state index in [4.69, 9.17) is 9.47 Å². The number of aryl methyl sites for hydroxylation is 8. The zero-order valence-electron chi connectivity index (χ0n) is 39.0. The predicted molar refractivity (Wildman–Crippen MR) is 264 cm³/mol. The molecule has 2 atom stereocenters. The van der Waals surface area contributed by atoms with E-state index in [-0.39, 0.29) is 12.2 Å². The van der Waals surface area contributed by atoms with Crippen LogP contribution in [0.15, 0.2) is 72.8 Å². The Morgan fingerprint density at radius 1 is 0.339 bits per heavy atom. The van der Waals surface area contributed by atoms with Crippen molar-refractivity contribution < 1.29 is 9.47 Å². The van der Waals surface area contributed by atoms with Crippen molar-refractivity contribution in [2.24, 2.45) is 0 Å². The highest BCUT2D eigenvalue weighted by atomic mass is 31.1. The standard InChI is InChI=1S/C55H80O2P2/c1-11-19-41-27-42(20-12-2)32-49(31-41)58(50-33-43(21-13-3)28-44(34-50)22-14-4)39-53-54(57-55(9,10)56-53)40-59(51-35-45(23-15-5)29-46(36-51)24-16-6)52-37-47(25-17-7)30-48(38-52)26-18-8/h27-38,53-54H,11-26,39-40H2,1-10H3. The number of ether oxygens (including phenoxy) is 2. The number of hydrogen-bond acceptors (Lipinski definition) is 2. The van der Waals surface area contributed by atoms with E-state index in [1.165, 1.54) is 65.7 Å². The van der Waals surface area contributed by atoms with Gasteiger partial charge in [0, 0.05) is 12.3 Å². The molecule has 1 fully saturated rings. The largest absolute Gasteiger partial charge is 0.344 e. The average molecular weight is 835 g/mol. The summed E-state index contributed by atoms with van der Waals surface area (Å²) in [7, 11) is -1.42. The lowest BCUT2D eigenvalue weighted by molar-refractivity contribution is -0.142. The third-order valence-corrected chi connectivity index (χ3v) is 16.7. The molecule has 0 N–H and O–H groups in total. The van der Waals surface area contributed by atoms with Gasteiger partial charge in [-0.05, 0) is 147 Å². The van der Waals surface area contributed by atoms with Crippen molar-refractivity contribution in [1.29, 1.82) is 0 Å². The molecule has 322 valence electrons. The Labute approximate surface area is 364 Å². The zero-order chi connectivity index (χ0) is 42.4. The normalized spacial score (nSPS) is 16.5. The predicted octanol–water partition coefficient (Wildman–Crippen LogP) is 13.4. The molecule has 0 aromatic heterocycles. The van der Waals surface area contributed by atoms with Crippen LogP contribution in [-0.2, 0) is 60.8 Å². The first kappa shape index (κ1) is 47.7. The Hall–Kier alpha value is -2.34. The Bertz CT molecular complexity index is 1540. The van der Waals surface area contributed by atoms with Crippen molar-refractivity contribution in [3.63, 3.8) is 0 Å². The van der Waals surface area contributed by atoms with Crippen molar-refractivity contribution in [1.82, 2.24) is 0 Å². The molecular formula is C55H80O2P2. The van der Waals surface area contributed by atoms with Crippen molar-refractivity contribution in [3.05, 3.63) is 117 Å². The maximum absolute atomic E-state index is 7.17. The summed E-state index contributed by atoms with van der Waals surface area (Å²) in [6, 6.07) is 30.6. The molecule has 0 amide bonds. The van der Waals surface area contributed by atoms with E-state index >= 15 is 0 Å². The molecule has 1 heterocycles. The highest BCUT2D eigenvalue weighted by molar-refractivity contribution is 7.73. The molecule has 0 saturated carbocycles. The van der Waals surface area contributed by atoms with Crippen LogP contribution >= 0.6 is 15.8 Å². The van der Waals surface area contributed by atoms with Gasteiger partial charge in [-0.25, -0.2) is 0 Å². The van der Waals surface area contributed by atoms with Gasteiger partial charge in [0.25, 0.3) is 0 Å². The average Bonchev–Trinajstić information content (AvgIpc) is 3.48. The zero-order valence-corrected chi connectivity index (χ0v) is 40.8. The molecule has 1 aliphatic heterocycles. The van der Waals surface area contributed by atoms with Gasteiger partial charge in [-0.1, -0.05) is 180 Å². The van der Waals surface area contributed by atoms with E-state index in [1.54, 1.807) is 0 Å². The fourth-order valence-electron chi connectivity index (χ4n) is 9.36. The van der Waals surface area contributed by atoms with Crippen LogP contribution < -0.4 is 21.2 Å². The van der Waals surface area contributed by atoms with Crippen LogP contribution in [0.5, 0.6) is 0 Å². The highest BCUT2D eigenvalue weighted by Gasteiger charge is 2.44. The Morgan fingerprint density at radius 2 is 0.525 bits per heavy atom. The molecule has 5 rings (SSSR count). The maximum Gasteiger partial charge on any atom is 0.163 e. The molecule has 0 radical (unpaired) electrons. The van der Waals surface area contributed by atoms with Crippen molar-refractivity contribution in [3.8, 4) is 0 Å². The van der Waals surface area contributed by atoms with Crippen molar-refractivity contribution in [2.45, 2.75) is 190 Å². The van der Waals surface area contributed by atoms with E-state index in [2.05, 4.69) is 142 Å². The lowest BCUT2D eigenvalue weighted by Gasteiger charge is -2.29. The molecule has 4 aromatic carbocycles. The molecule has 59 heavy (non-hydrogen) atoms. The van der Waals surface area contributed by atoms with E-state index in [0.29, 0.717) is 0 Å². The van der Waals surface area contributed by atoms with Gasteiger partial charge in [0.2, 0.25) is 0 Å². The lowest BCUT2D eigenvalue weighted by atomic mass is 10.0. The smallest absolute Gasteiger partial charge is 0.163 e. The second kappa shape index (κ2) is 23.8. The Balaban J connectivity index is 1.66. The minimum absolute atomic E-state index is 0.00195. The minimum Gasteiger partial charge on any atom is -0.344 e. The van der Waals surface area contributed by atoms with E-state index < -0.39 is 21.6 Å². The molecule has 2 unspecified atom stereocenters. The minimum atomic E-state index is -0.709. The summed E-state index contributed by atoms with van der Waals surface area (Å²) in [5.41, 5.74) is 11.9. The lowest BCUT2D eigenvalue weighted by Crippen LogP contribution is -2.34. The molecule has 1 saturated heterocycles. The van der Waals surface area contributed by atoms with Gasteiger partial charge in [0.1, 0.15) is 0 Å². The van der Waals surface area contributed by atoms with Crippen LogP contribution in [-0.4, -0.2) is 30.3 Å². The third kappa shape index (κ3) is 13.8. The van der Waals surface area contributed by atoms with Crippen molar-refractivity contribution >= 4 is 37.1 Å². The molecule has 0 spiro atoms. The van der Waals surface area contributed by atoms with Crippen LogP contribution in [0.2, 0.25) is 0 Å². The van der Waals surface area contributed by atoms with Crippen LogP contribution in [0.4, 0.5) is 0 Å². The van der Waals surface area contributed by atoms with E-state index in [1.807, 2.05) is 0 Å². The summed E-state index contributed by atoms with van der Waals surface area (Å²) in [6.45, 7) is 22.9. The van der Waals surface area contributed by atoms with Crippen LogP contribution in [0.3, 0.4) is 0 Å². The van der Waals surface area contributed by atoms with E-state index in [9.17, 15) is 0 Å². The summed E-state index contributed by atoms with van der Waals surface area (Å²) in [5, 5.41) is 6.08. The second-order valence-corrected chi connectivity index (χ2v) is 22.5. The fraction of sp³-hybridized carbons (Fsp3) is 0.564. The molecule has 4 heteroatoms. The quantitative estimate of drug-likeness (QED) is 0.0655.